The van der Waals surface area contributed by atoms with Gasteiger partial charge in [0.25, 0.3) is 5.91 Å². The van der Waals surface area contributed by atoms with Gasteiger partial charge in [-0.1, -0.05) is 18.2 Å². The maximum absolute atomic E-state index is 12.2. The Bertz CT molecular complexity index is 698. The van der Waals surface area contributed by atoms with Gasteiger partial charge in [0.15, 0.2) is 0 Å². The SMILES string of the molecule is CC(C)(C)n1nc(CNC(=O)c2ccccc2)c2c1CCNC2. The maximum Gasteiger partial charge on any atom is 0.251 e. The van der Waals surface area contributed by atoms with E-state index in [1.165, 1.54) is 11.3 Å². The Morgan fingerprint density at radius 3 is 2.74 bits per heavy atom. The van der Waals surface area contributed by atoms with Crippen molar-refractivity contribution >= 4 is 5.91 Å². The zero-order chi connectivity index (χ0) is 16.4. The summed E-state index contributed by atoms with van der Waals surface area (Å²) in [5.41, 5.74) is 4.12. The number of rotatable bonds is 3. The van der Waals surface area contributed by atoms with Crippen LogP contribution in [0.2, 0.25) is 0 Å². The molecule has 0 unspecified atom stereocenters. The summed E-state index contributed by atoms with van der Waals surface area (Å²) in [4.78, 5) is 12.2. The zero-order valence-corrected chi connectivity index (χ0v) is 14.0. The van der Waals surface area contributed by atoms with Crippen LogP contribution in [0, 0.1) is 0 Å². The first-order chi connectivity index (χ1) is 11.0. The number of nitrogens with zero attached hydrogens (tertiary/aromatic N) is 2. The number of hydrogen-bond acceptors (Lipinski definition) is 3. The molecule has 0 saturated carbocycles. The molecule has 0 bridgehead atoms. The lowest BCUT2D eigenvalue weighted by atomic mass is 10.0. The van der Waals surface area contributed by atoms with E-state index in [4.69, 9.17) is 5.10 Å². The van der Waals surface area contributed by atoms with E-state index in [1.54, 1.807) is 0 Å². The molecule has 2 N–H and O–H groups in total. The molecule has 1 aromatic carbocycles. The van der Waals surface area contributed by atoms with Gasteiger partial charge in [-0.3, -0.25) is 9.48 Å². The molecule has 1 amide bonds. The minimum Gasteiger partial charge on any atom is -0.346 e. The summed E-state index contributed by atoms with van der Waals surface area (Å²) in [6.45, 7) is 8.74. The van der Waals surface area contributed by atoms with Gasteiger partial charge in [-0.25, -0.2) is 0 Å². The average Bonchev–Trinajstić information content (AvgIpc) is 2.92. The molecule has 23 heavy (non-hydrogen) atoms. The maximum atomic E-state index is 12.2. The van der Waals surface area contributed by atoms with Crippen molar-refractivity contribution in [2.24, 2.45) is 0 Å². The first-order valence-electron chi connectivity index (χ1n) is 8.11. The first kappa shape index (κ1) is 15.7. The van der Waals surface area contributed by atoms with Crippen LogP contribution in [-0.2, 0) is 25.0 Å². The predicted molar refractivity (Wildman–Crippen MR) is 90.2 cm³/mol. The Morgan fingerprint density at radius 2 is 2.04 bits per heavy atom. The highest BCUT2D eigenvalue weighted by molar-refractivity contribution is 5.94. The molecule has 1 aromatic heterocycles. The van der Waals surface area contributed by atoms with E-state index in [0.717, 1.165) is 25.2 Å². The molecule has 0 fully saturated rings. The highest BCUT2D eigenvalue weighted by Crippen LogP contribution is 2.24. The van der Waals surface area contributed by atoms with Crippen LogP contribution in [0.4, 0.5) is 0 Å². The molecule has 2 heterocycles. The van der Waals surface area contributed by atoms with Gasteiger partial charge in [-0.2, -0.15) is 5.10 Å². The largest absolute Gasteiger partial charge is 0.346 e. The monoisotopic (exact) mass is 312 g/mol. The van der Waals surface area contributed by atoms with E-state index in [1.807, 2.05) is 30.3 Å². The molecular formula is C18H24N4O. The number of hydrogen-bond donors (Lipinski definition) is 2. The van der Waals surface area contributed by atoms with E-state index < -0.39 is 0 Å². The fraction of sp³-hybridized carbons (Fsp3) is 0.444. The van der Waals surface area contributed by atoms with Crippen LogP contribution in [0.25, 0.3) is 0 Å². The van der Waals surface area contributed by atoms with E-state index in [-0.39, 0.29) is 11.4 Å². The van der Waals surface area contributed by atoms with Gasteiger partial charge >= 0.3 is 0 Å². The molecule has 2 aromatic rings. The van der Waals surface area contributed by atoms with Crippen LogP contribution < -0.4 is 10.6 Å². The lowest BCUT2D eigenvalue weighted by Gasteiger charge is -2.24. The van der Waals surface area contributed by atoms with Crippen LogP contribution in [0.1, 0.15) is 48.1 Å². The fourth-order valence-electron chi connectivity index (χ4n) is 2.97. The van der Waals surface area contributed by atoms with Crippen molar-refractivity contribution in [3.05, 3.63) is 52.8 Å². The van der Waals surface area contributed by atoms with Crippen molar-refractivity contribution < 1.29 is 4.79 Å². The summed E-state index contributed by atoms with van der Waals surface area (Å²) in [6, 6.07) is 9.29. The van der Waals surface area contributed by atoms with Gasteiger partial charge in [0, 0.05) is 36.3 Å². The minimum absolute atomic E-state index is 0.0525. The Morgan fingerprint density at radius 1 is 1.30 bits per heavy atom. The van der Waals surface area contributed by atoms with Crippen molar-refractivity contribution in [2.75, 3.05) is 6.54 Å². The number of nitrogens with one attached hydrogen (secondary N) is 2. The van der Waals surface area contributed by atoms with Gasteiger partial charge in [0.1, 0.15) is 0 Å². The Balaban J connectivity index is 1.81. The molecular weight excluding hydrogens is 288 g/mol. The van der Waals surface area contributed by atoms with E-state index in [0.29, 0.717) is 12.1 Å². The normalized spacial score (nSPS) is 14.4. The lowest BCUT2D eigenvalue weighted by Crippen LogP contribution is -2.30. The number of amides is 1. The third-order valence-corrected chi connectivity index (χ3v) is 4.10. The number of carbonyl (C=O) groups is 1. The molecule has 122 valence electrons. The third kappa shape index (κ3) is 3.29. The van der Waals surface area contributed by atoms with Gasteiger partial charge in [-0.05, 0) is 32.9 Å². The smallest absolute Gasteiger partial charge is 0.251 e. The Kier molecular flexibility index (Phi) is 4.22. The summed E-state index contributed by atoms with van der Waals surface area (Å²) in [5, 5.41) is 11.2. The molecule has 0 saturated heterocycles. The van der Waals surface area contributed by atoms with E-state index >= 15 is 0 Å². The summed E-state index contributed by atoms with van der Waals surface area (Å²) >= 11 is 0. The molecule has 0 aliphatic carbocycles. The van der Waals surface area contributed by atoms with Gasteiger partial charge < -0.3 is 10.6 Å². The predicted octanol–water partition coefficient (Wildman–Crippen LogP) is 2.21. The third-order valence-electron chi connectivity index (χ3n) is 4.10. The van der Waals surface area contributed by atoms with E-state index in [9.17, 15) is 4.79 Å². The van der Waals surface area contributed by atoms with Crippen LogP contribution in [0.3, 0.4) is 0 Å². The molecule has 3 rings (SSSR count). The first-order valence-corrected chi connectivity index (χ1v) is 8.11. The molecule has 1 aliphatic rings. The molecule has 0 radical (unpaired) electrons. The average molecular weight is 312 g/mol. The summed E-state index contributed by atoms with van der Waals surface area (Å²) < 4.78 is 2.12. The molecule has 0 atom stereocenters. The quantitative estimate of drug-likeness (QED) is 0.913. The van der Waals surface area contributed by atoms with Crippen LogP contribution in [0.5, 0.6) is 0 Å². The van der Waals surface area contributed by atoms with Crippen molar-refractivity contribution in [2.45, 2.75) is 45.8 Å². The van der Waals surface area contributed by atoms with Crippen LogP contribution in [0.15, 0.2) is 30.3 Å². The van der Waals surface area contributed by atoms with Crippen molar-refractivity contribution in [1.29, 1.82) is 0 Å². The van der Waals surface area contributed by atoms with Gasteiger partial charge in [-0.15, -0.1) is 0 Å². The van der Waals surface area contributed by atoms with Crippen molar-refractivity contribution in [3.8, 4) is 0 Å². The highest BCUT2D eigenvalue weighted by atomic mass is 16.1. The summed E-state index contributed by atoms with van der Waals surface area (Å²) in [5.74, 6) is -0.0616. The number of aromatic nitrogens is 2. The Labute approximate surface area is 137 Å². The van der Waals surface area contributed by atoms with Crippen molar-refractivity contribution in [3.63, 3.8) is 0 Å². The second kappa shape index (κ2) is 6.16. The molecule has 1 aliphatic heterocycles. The number of benzene rings is 1. The van der Waals surface area contributed by atoms with E-state index in [2.05, 4.69) is 36.1 Å². The Hall–Kier alpha value is -2.14. The van der Waals surface area contributed by atoms with Crippen LogP contribution in [-0.4, -0.2) is 22.2 Å². The number of carbonyl (C=O) groups excluding carboxylic acids is 1. The summed E-state index contributed by atoms with van der Waals surface area (Å²) in [6.07, 6.45) is 0.978. The molecule has 0 spiro atoms. The van der Waals surface area contributed by atoms with Gasteiger partial charge in [0.05, 0.1) is 17.8 Å². The molecule has 5 heteroatoms. The fourth-order valence-corrected chi connectivity index (χ4v) is 2.97. The highest BCUT2D eigenvalue weighted by Gasteiger charge is 2.26. The van der Waals surface area contributed by atoms with Gasteiger partial charge in [0.2, 0.25) is 0 Å². The second-order valence-corrected chi connectivity index (χ2v) is 6.93. The summed E-state index contributed by atoms with van der Waals surface area (Å²) in [7, 11) is 0. The minimum atomic E-state index is -0.0616. The number of fused-ring (bicyclic) bond motifs is 1. The van der Waals surface area contributed by atoms with Crippen molar-refractivity contribution in [1.82, 2.24) is 20.4 Å². The molecule has 5 nitrogen and oxygen atoms in total. The topological polar surface area (TPSA) is 59.0 Å². The zero-order valence-electron chi connectivity index (χ0n) is 14.0. The standard InChI is InChI=1S/C18H24N4O/c1-18(2,3)22-16-9-10-19-11-14(16)15(21-22)12-20-17(23)13-7-5-4-6-8-13/h4-8,19H,9-12H2,1-3H3,(H,20,23). The second-order valence-electron chi connectivity index (χ2n) is 6.93. The lowest BCUT2D eigenvalue weighted by molar-refractivity contribution is 0.0950. The van der Waals surface area contributed by atoms with Crippen LogP contribution >= 0.6 is 0 Å².